The Morgan fingerprint density at radius 1 is 0.438 bits per heavy atom. The molecule has 0 aromatic heterocycles. The van der Waals surface area contributed by atoms with Crippen LogP contribution in [0.15, 0.2) is 0 Å². The molecule has 189 valence electrons. The molecule has 0 aliphatic carbocycles. The standard InChI is InChI=1S/C30H57O2/c1-2-3-4-5-6-7-8-9-10-11-12-13-14-15-16-17-18-19-20-21-22-23-24-25-26-27-30(32)28-29-31/h2-28H2,1H3. The van der Waals surface area contributed by atoms with Gasteiger partial charge in [0.05, 0.1) is 6.42 Å². The summed E-state index contributed by atoms with van der Waals surface area (Å²) in [4.78, 5) is 21.3. The van der Waals surface area contributed by atoms with Gasteiger partial charge in [-0.05, 0) is 6.42 Å². The number of unbranched alkanes of at least 4 members (excludes halogenated alkanes) is 24. The lowest BCUT2D eigenvalue weighted by atomic mass is 10.0. The Labute approximate surface area is 202 Å². The van der Waals surface area contributed by atoms with Crippen LogP contribution in [0.2, 0.25) is 0 Å². The molecule has 0 aliphatic rings. The van der Waals surface area contributed by atoms with Crippen LogP contribution in [-0.2, 0) is 9.59 Å². The molecular formula is C30H57O2. The molecule has 0 spiro atoms. The van der Waals surface area contributed by atoms with Gasteiger partial charge in [0.1, 0.15) is 5.78 Å². The molecule has 0 heterocycles. The lowest BCUT2D eigenvalue weighted by molar-refractivity contribution is -0.118. The van der Waals surface area contributed by atoms with E-state index >= 15 is 0 Å². The van der Waals surface area contributed by atoms with E-state index in [4.69, 9.17) is 0 Å². The van der Waals surface area contributed by atoms with Crippen molar-refractivity contribution < 1.29 is 9.59 Å². The summed E-state index contributed by atoms with van der Waals surface area (Å²) in [6.07, 6.45) is 37.0. The predicted molar refractivity (Wildman–Crippen MR) is 141 cm³/mol. The number of rotatable bonds is 28. The highest BCUT2D eigenvalue weighted by atomic mass is 16.1. The molecule has 0 fully saturated rings. The zero-order valence-electron chi connectivity index (χ0n) is 21.9. The van der Waals surface area contributed by atoms with E-state index in [0.29, 0.717) is 6.42 Å². The largest absolute Gasteiger partial charge is 0.299 e. The Morgan fingerprint density at radius 3 is 0.938 bits per heavy atom. The molecule has 32 heavy (non-hydrogen) atoms. The second kappa shape index (κ2) is 28.4. The van der Waals surface area contributed by atoms with Crippen LogP contribution >= 0.6 is 0 Å². The van der Waals surface area contributed by atoms with Crippen molar-refractivity contribution in [2.75, 3.05) is 0 Å². The maximum Gasteiger partial charge on any atom is 0.206 e. The summed E-state index contributed by atoms with van der Waals surface area (Å²) >= 11 is 0. The van der Waals surface area contributed by atoms with Crippen molar-refractivity contribution in [3.8, 4) is 0 Å². The van der Waals surface area contributed by atoms with E-state index in [1.54, 1.807) is 6.29 Å². The average Bonchev–Trinajstić information content (AvgIpc) is 2.79. The van der Waals surface area contributed by atoms with Crippen molar-refractivity contribution >= 4 is 12.1 Å². The number of hydrogen-bond donors (Lipinski definition) is 0. The normalized spacial score (nSPS) is 11.2. The third-order valence-electron chi connectivity index (χ3n) is 6.83. The molecule has 0 amide bonds. The summed E-state index contributed by atoms with van der Waals surface area (Å²) in [5.74, 6) is 0.0501. The third-order valence-corrected chi connectivity index (χ3v) is 6.83. The van der Waals surface area contributed by atoms with E-state index in [0.717, 1.165) is 12.8 Å². The van der Waals surface area contributed by atoms with Crippen molar-refractivity contribution in [3.63, 3.8) is 0 Å². The topological polar surface area (TPSA) is 34.1 Å². The SMILES string of the molecule is CCCCCCCCCCCCCCCCCCCCCCCCCCCC(=O)C[C]=O. The molecule has 0 atom stereocenters. The zero-order valence-corrected chi connectivity index (χ0v) is 21.9. The fraction of sp³-hybridized carbons (Fsp3) is 0.933. The monoisotopic (exact) mass is 449 g/mol. The summed E-state index contributed by atoms with van der Waals surface area (Å²) < 4.78 is 0. The van der Waals surface area contributed by atoms with Crippen LogP contribution in [0.5, 0.6) is 0 Å². The molecule has 2 nitrogen and oxygen atoms in total. The van der Waals surface area contributed by atoms with E-state index in [9.17, 15) is 9.59 Å². The smallest absolute Gasteiger partial charge is 0.206 e. The lowest BCUT2D eigenvalue weighted by Gasteiger charge is -2.04. The number of hydrogen-bond acceptors (Lipinski definition) is 2. The molecule has 0 unspecified atom stereocenters. The Bertz CT molecular complexity index is 377. The minimum absolute atomic E-state index is 0.0145. The molecule has 0 bridgehead atoms. The summed E-state index contributed by atoms with van der Waals surface area (Å²) in [6.45, 7) is 2.29. The van der Waals surface area contributed by atoms with Gasteiger partial charge in [0.2, 0.25) is 6.29 Å². The Morgan fingerprint density at radius 2 is 0.688 bits per heavy atom. The molecule has 2 heteroatoms. The van der Waals surface area contributed by atoms with Crippen molar-refractivity contribution in [1.82, 2.24) is 0 Å². The lowest BCUT2D eigenvalue weighted by Crippen LogP contribution is -1.97. The van der Waals surface area contributed by atoms with Crippen molar-refractivity contribution in [3.05, 3.63) is 0 Å². The highest BCUT2D eigenvalue weighted by Gasteiger charge is 2.01. The van der Waals surface area contributed by atoms with Crippen LogP contribution in [-0.4, -0.2) is 12.1 Å². The van der Waals surface area contributed by atoms with Gasteiger partial charge >= 0.3 is 0 Å². The van der Waals surface area contributed by atoms with Crippen LogP contribution in [0.4, 0.5) is 0 Å². The van der Waals surface area contributed by atoms with Crippen molar-refractivity contribution in [2.45, 2.75) is 180 Å². The minimum Gasteiger partial charge on any atom is -0.299 e. The predicted octanol–water partition coefficient (Wildman–Crippen LogP) is 10.2. The van der Waals surface area contributed by atoms with Gasteiger partial charge in [-0.2, -0.15) is 0 Å². The number of carbonyl (C=O) groups is 1. The number of Topliss-reactive ketones (excluding diaryl/α,β-unsaturated/α-hetero) is 1. The number of ketones is 1. The van der Waals surface area contributed by atoms with Gasteiger partial charge in [-0.25, -0.2) is 0 Å². The van der Waals surface area contributed by atoms with Gasteiger partial charge in [-0.3, -0.25) is 9.59 Å². The first-order chi connectivity index (χ1) is 15.8. The first-order valence-corrected chi connectivity index (χ1v) is 14.7. The van der Waals surface area contributed by atoms with Crippen LogP contribution in [0.3, 0.4) is 0 Å². The highest BCUT2D eigenvalue weighted by Crippen LogP contribution is 2.16. The van der Waals surface area contributed by atoms with E-state index in [-0.39, 0.29) is 12.2 Å². The molecule has 0 aromatic rings. The molecule has 0 aliphatic heterocycles. The second-order valence-corrected chi connectivity index (χ2v) is 10.1. The fourth-order valence-electron chi connectivity index (χ4n) is 4.63. The summed E-state index contributed by atoms with van der Waals surface area (Å²) in [5, 5.41) is 0. The van der Waals surface area contributed by atoms with E-state index in [2.05, 4.69) is 6.92 Å². The highest BCUT2D eigenvalue weighted by molar-refractivity contribution is 5.89. The minimum atomic E-state index is -0.0145. The van der Waals surface area contributed by atoms with Gasteiger partial charge < -0.3 is 0 Å². The summed E-state index contributed by atoms with van der Waals surface area (Å²) in [5.41, 5.74) is 0. The second-order valence-electron chi connectivity index (χ2n) is 10.1. The third kappa shape index (κ3) is 27.4. The summed E-state index contributed by atoms with van der Waals surface area (Å²) in [7, 11) is 0. The molecular weight excluding hydrogens is 392 g/mol. The zero-order chi connectivity index (χ0) is 23.4. The van der Waals surface area contributed by atoms with E-state index in [1.165, 1.54) is 148 Å². The average molecular weight is 450 g/mol. The van der Waals surface area contributed by atoms with Gasteiger partial charge in [-0.1, -0.05) is 161 Å². The van der Waals surface area contributed by atoms with Gasteiger partial charge in [0.15, 0.2) is 0 Å². The van der Waals surface area contributed by atoms with Crippen molar-refractivity contribution in [1.29, 1.82) is 0 Å². The Kier molecular flexibility index (Phi) is 27.8. The Balaban J connectivity index is 3.04. The van der Waals surface area contributed by atoms with Crippen LogP contribution in [0.25, 0.3) is 0 Å². The molecule has 0 N–H and O–H groups in total. The molecule has 0 aromatic carbocycles. The first kappa shape index (κ1) is 31.3. The van der Waals surface area contributed by atoms with Gasteiger partial charge in [0, 0.05) is 6.42 Å². The maximum absolute atomic E-state index is 11.2. The van der Waals surface area contributed by atoms with Crippen LogP contribution < -0.4 is 0 Å². The number of carbonyl (C=O) groups excluding carboxylic acids is 2. The first-order valence-electron chi connectivity index (χ1n) is 14.7. The van der Waals surface area contributed by atoms with E-state index in [1.807, 2.05) is 0 Å². The fourth-order valence-corrected chi connectivity index (χ4v) is 4.63. The maximum atomic E-state index is 11.2. The van der Waals surface area contributed by atoms with Crippen molar-refractivity contribution in [2.24, 2.45) is 0 Å². The van der Waals surface area contributed by atoms with Crippen LogP contribution in [0, 0.1) is 0 Å². The molecule has 0 saturated carbocycles. The summed E-state index contributed by atoms with van der Waals surface area (Å²) in [6, 6.07) is 0. The molecule has 0 rings (SSSR count). The van der Waals surface area contributed by atoms with E-state index < -0.39 is 0 Å². The van der Waals surface area contributed by atoms with Gasteiger partial charge in [-0.15, -0.1) is 0 Å². The van der Waals surface area contributed by atoms with Crippen LogP contribution in [0.1, 0.15) is 180 Å². The molecule has 0 saturated heterocycles. The Hall–Kier alpha value is -0.660. The quantitative estimate of drug-likeness (QED) is 0.0879. The van der Waals surface area contributed by atoms with Gasteiger partial charge in [0.25, 0.3) is 0 Å². The molecule has 1 radical (unpaired) electrons.